The van der Waals surface area contributed by atoms with Crippen molar-refractivity contribution in [3.05, 3.63) is 35.9 Å². The molecule has 19 heavy (non-hydrogen) atoms. The highest BCUT2D eigenvalue weighted by atomic mass is 16.3. The molecule has 0 saturated carbocycles. The first-order valence-electron chi connectivity index (χ1n) is 7.38. The smallest absolute Gasteiger partial charge is 0.114 e. The van der Waals surface area contributed by atoms with Crippen molar-refractivity contribution < 1.29 is 5.11 Å². The lowest BCUT2D eigenvalue weighted by atomic mass is 9.92. The van der Waals surface area contributed by atoms with E-state index in [1.54, 1.807) is 0 Å². The van der Waals surface area contributed by atoms with Gasteiger partial charge in [0.2, 0.25) is 0 Å². The Bertz CT molecular complexity index is 382. The number of likely N-dealkylation sites (tertiary alicyclic amines) is 1. The molecule has 0 bridgehead atoms. The number of hydrogen-bond acceptors (Lipinski definition) is 3. The summed E-state index contributed by atoms with van der Waals surface area (Å²) in [6.07, 6.45) is 5.03. The number of hydrogen-bond donors (Lipinski definition) is 2. The van der Waals surface area contributed by atoms with E-state index in [0.717, 1.165) is 12.1 Å². The summed E-state index contributed by atoms with van der Waals surface area (Å²) in [4.78, 5) is 2.40. The third kappa shape index (κ3) is 3.56. The van der Waals surface area contributed by atoms with Gasteiger partial charge in [0, 0.05) is 19.1 Å². The van der Waals surface area contributed by atoms with E-state index in [4.69, 9.17) is 5.73 Å². The highest BCUT2D eigenvalue weighted by Gasteiger charge is 2.32. The molecule has 3 nitrogen and oxygen atoms in total. The van der Waals surface area contributed by atoms with Crippen LogP contribution in [0.25, 0.3) is 0 Å². The van der Waals surface area contributed by atoms with Crippen molar-refractivity contribution in [1.82, 2.24) is 4.90 Å². The lowest BCUT2D eigenvalue weighted by Crippen LogP contribution is -2.48. The normalized spacial score (nSPS) is 24.7. The van der Waals surface area contributed by atoms with Gasteiger partial charge in [-0.1, -0.05) is 43.2 Å². The first-order valence-corrected chi connectivity index (χ1v) is 7.38. The molecule has 2 rings (SSSR count). The van der Waals surface area contributed by atoms with Gasteiger partial charge in [0.25, 0.3) is 0 Å². The maximum atomic E-state index is 10.9. The van der Waals surface area contributed by atoms with E-state index in [0.29, 0.717) is 12.6 Å². The molecule has 2 unspecified atom stereocenters. The van der Waals surface area contributed by atoms with Crippen LogP contribution < -0.4 is 5.73 Å². The number of rotatable bonds is 4. The highest BCUT2D eigenvalue weighted by molar-refractivity contribution is 5.23. The molecule has 0 aromatic heterocycles. The van der Waals surface area contributed by atoms with Gasteiger partial charge in [0.15, 0.2) is 0 Å². The fourth-order valence-electron chi connectivity index (χ4n) is 2.93. The third-order valence-corrected chi connectivity index (χ3v) is 4.30. The lowest BCUT2D eigenvalue weighted by Gasteiger charge is -2.36. The summed E-state index contributed by atoms with van der Waals surface area (Å²) in [5.41, 5.74) is 5.86. The molecule has 3 heteroatoms. The van der Waals surface area contributed by atoms with E-state index in [1.807, 2.05) is 30.3 Å². The Labute approximate surface area is 116 Å². The molecule has 1 saturated heterocycles. The van der Waals surface area contributed by atoms with Crippen molar-refractivity contribution in [1.29, 1.82) is 0 Å². The molecule has 2 atom stereocenters. The van der Waals surface area contributed by atoms with Crippen molar-refractivity contribution in [3.63, 3.8) is 0 Å². The highest BCUT2D eigenvalue weighted by Crippen LogP contribution is 2.25. The first-order chi connectivity index (χ1) is 9.15. The van der Waals surface area contributed by atoms with Crippen LogP contribution >= 0.6 is 0 Å². The molecule has 1 heterocycles. The van der Waals surface area contributed by atoms with Gasteiger partial charge in [-0.3, -0.25) is 4.90 Å². The molecule has 1 fully saturated rings. The number of β-amino-alcohol motifs (C(OH)–C–C–N with tert-alkyl or cyclic N) is 1. The summed E-state index contributed by atoms with van der Waals surface area (Å²) in [6.45, 7) is 4.22. The van der Waals surface area contributed by atoms with Crippen molar-refractivity contribution in [3.8, 4) is 0 Å². The largest absolute Gasteiger partial charge is 0.382 e. The third-order valence-electron chi connectivity index (χ3n) is 4.30. The van der Waals surface area contributed by atoms with Crippen LogP contribution in [0.2, 0.25) is 0 Å². The van der Waals surface area contributed by atoms with Gasteiger partial charge in [0.05, 0.1) is 0 Å². The summed E-state index contributed by atoms with van der Waals surface area (Å²) in [5, 5.41) is 10.9. The molecule has 0 radical (unpaired) electrons. The SMILES string of the molecule is CC1CCCCCN1CC(O)(CN)c1ccccc1. The molecule has 106 valence electrons. The second-order valence-corrected chi connectivity index (χ2v) is 5.77. The first kappa shape index (κ1) is 14.5. The molecule has 1 aromatic rings. The molecule has 0 spiro atoms. The number of benzene rings is 1. The summed E-state index contributed by atoms with van der Waals surface area (Å²) in [6, 6.07) is 10.4. The topological polar surface area (TPSA) is 49.5 Å². The molecule has 1 aromatic carbocycles. The Morgan fingerprint density at radius 2 is 2.00 bits per heavy atom. The Hall–Kier alpha value is -0.900. The molecular formula is C16H26N2O. The fourth-order valence-corrected chi connectivity index (χ4v) is 2.93. The van der Waals surface area contributed by atoms with Gasteiger partial charge >= 0.3 is 0 Å². The van der Waals surface area contributed by atoms with E-state index in [-0.39, 0.29) is 6.54 Å². The van der Waals surface area contributed by atoms with Gasteiger partial charge in [-0.2, -0.15) is 0 Å². The molecule has 0 aliphatic carbocycles. The van der Waals surface area contributed by atoms with E-state index in [9.17, 15) is 5.11 Å². The summed E-state index contributed by atoms with van der Waals surface area (Å²) >= 11 is 0. The van der Waals surface area contributed by atoms with Gasteiger partial charge in [-0.05, 0) is 31.9 Å². The second-order valence-electron chi connectivity index (χ2n) is 5.77. The van der Waals surface area contributed by atoms with Crippen LogP contribution in [0.5, 0.6) is 0 Å². The van der Waals surface area contributed by atoms with Crippen LogP contribution in [0.3, 0.4) is 0 Å². The van der Waals surface area contributed by atoms with Gasteiger partial charge < -0.3 is 10.8 Å². The monoisotopic (exact) mass is 262 g/mol. The summed E-state index contributed by atoms with van der Waals surface area (Å²) in [7, 11) is 0. The number of aliphatic hydroxyl groups is 1. The minimum Gasteiger partial charge on any atom is -0.382 e. The minimum atomic E-state index is -0.931. The molecule has 3 N–H and O–H groups in total. The Morgan fingerprint density at radius 1 is 1.26 bits per heavy atom. The van der Waals surface area contributed by atoms with Crippen LogP contribution in [0, 0.1) is 0 Å². The van der Waals surface area contributed by atoms with E-state index in [1.165, 1.54) is 25.7 Å². The number of nitrogens with two attached hydrogens (primary N) is 1. The zero-order valence-electron chi connectivity index (χ0n) is 11.9. The zero-order valence-corrected chi connectivity index (χ0v) is 11.9. The van der Waals surface area contributed by atoms with Crippen LogP contribution in [0.1, 0.15) is 38.2 Å². The van der Waals surface area contributed by atoms with E-state index in [2.05, 4.69) is 11.8 Å². The van der Waals surface area contributed by atoms with Crippen molar-refractivity contribution >= 4 is 0 Å². The Morgan fingerprint density at radius 3 is 2.68 bits per heavy atom. The second kappa shape index (κ2) is 6.51. The van der Waals surface area contributed by atoms with E-state index < -0.39 is 5.60 Å². The summed E-state index contributed by atoms with van der Waals surface area (Å²) < 4.78 is 0. The van der Waals surface area contributed by atoms with Gasteiger partial charge in [-0.25, -0.2) is 0 Å². The predicted octanol–water partition coefficient (Wildman–Crippen LogP) is 2.10. The van der Waals surface area contributed by atoms with Crippen LogP contribution in [0.15, 0.2) is 30.3 Å². The predicted molar refractivity (Wildman–Crippen MR) is 78.9 cm³/mol. The summed E-state index contributed by atoms with van der Waals surface area (Å²) in [5.74, 6) is 0. The van der Waals surface area contributed by atoms with Crippen molar-refractivity contribution in [2.75, 3.05) is 19.6 Å². The molecule has 1 aliphatic heterocycles. The number of nitrogens with zero attached hydrogens (tertiary/aromatic N) is 1. The van der Waals surface area contributed by atoms with Crippen LogP contribution in [-0.4, -0.2) is 35.7 Å². The lowest BCUT2D eigenvalue weighted by molar-refractivity contribution is -0.00326. The van der Waals surface area contributed by atoms with Gasteiger partial charge in [-0.15, -0.1) is 0 Å². The maximum absolute atomic E-state index is 10.9. The Kier molecular flexibility index (Phi) is 4.97. The van der Waals surface area contributed by atoms with Crippen LogP contribution in [-0.2, 0) is 5.60 Å². The molecule has 0 amide bonds. The fraction of sp³-hybridized carbons (Fsp3) is 0.625. The van der Waals surface area contributed by atoms with Gasteiger partial charge in [0.1, 0.15) is 5.60 Å². The average molecular weight is 262 g/mol. The zero-order chi connectivity index (χ0) is 13.7. The van der Waals surface area contributed by atoms with Crippen molar-refractivity contribution in [2.45, 2.75) is 44.2 Å². The maximum Gasteiger partial charge on any atom is 0.114 e. The van der Waals surface area contributed by atoms with Crippen molar-refractivity contribution in [2.24, 2.45) is 5.73 Å². The molecule has 1 aliphatic rings. The quantitative estimate of drug-likeness (QED) is 0.873. The molecular weight excluding hydrogens is 236 g/mol. The Balaban J connectivity index is 2.13. The standard InChI is InChI=1S/C16H26N2O/c1-14-8-4-3-7-11-18(14)13-16(19,12-17)15-9-5-2-6-10-15/h2,5-6,9-10,14,19H,3-4,7-8,11-13,17H2,1H3. The van der Waals surface area contributed by atoms with Crippen LogP contribution in [0.4, 0.5) is 0 Å². The minimum absolute atomic E-state index is 0.264. The van der Waals surface area contributed by atoms with E-state index >= 15 is 0 Å². The average Bonchev–Trinajstić information content (AvgIpc) is 2.65.